The van der Waals surface area contributed by atoms with E-state index >= 15 is 0 Å². The maximum Gasteiger partial charge on any atom is 0.166 e. The van der Waals surface area contributed by atoms with Crippen molar-refractivity contribution in [3.05, 3.63) is 57.8 Å². The van der Waals surface area contributed by atoms with E-state index in [1.807, 2.05) is 19.1 Å². The summed E-state index contributed by atoms with van der Waals surface area (Å²) in [7, 11) is 0. The van der Waals surface area contributed by atoms with E-state index in [9.17, 15) is 4.39 Å². The molecule has 0 aliphatic carbocycles. The Morgan fingerprint density at radius 3 is 2.58 bits per heavy atom. The lowest BCUT2D eigenvalue weighted by Gasteiger charge is -2.09. The first-order valence-corrected chi connectivity index (χ1v) is 6.71. The van der Waals surface area contributed by atoms with Crippen LogP contribution in [0.15, 0.2) is 40.9 Å². The molecule has 0 aliphatic heterocycles. The zero-order valence-electron chi connectivity index (χ0n) is 10.1. The fourth-order valence-electron chi connectivity index (χ4n) is 1.54. The fourth-order valence-corrected chi connectivity index (χ4v) is 1.92. The average molecular weight is 340 g/mol. The van der Waals surface area contributed by atoms with E-state index in [0.717, 1.165) is 10.0 Å². The monoisotopic (exact) mass is 339 g/mol. The topological polar surface area (TPSA) is 35.2 Å². The van der Waals surface area contributed by atoms with Gasteiger partial charge in [-0.3, -0.25) is 0 Å². The predicted molar refractivity (Wildman–Crippen MR) is 81.2 cm³/mol. The molecule has 0 saturated carbocycles. The zero-order valence-corrected chi connectivity index (χ0v) is 12.5. The standard InChI is InChI=1S/C14H11BrFNOS/c1-8-6-10(3-4-11(8)15)18-13-5-2-9(14(17)19)7-12(13)16/h2-7H,1H3,(H2,17,19). The van der Waals surface area contributed by atoms with E-state index in [1.165, 1.54) is 12.1 Å². The molecule has 2 rings (SSSR count). The van der Waals surface area contributed by atoms with Gasteiger partial charge in [-0.2, -0.15) is 0 Å². The van der Waals surface area contributed by atoms with Crippen molar-refractivity contribution in [1.82, 2.24) is 0 Å². The average Bonchev–Trinajstić information content (AvgIpc) is 2.36. The van der Waals surface area contributed by atoms with Gasteiger partial charge in [-0.1, -0.05) is 28.1 Å². The van der Waals surface area contributed by atoms with Crippen LogP contribution in [0, 0.1) is 12.7 Å². The van der Waals surface area contributed by atoms with Gasteiger partial charge >= 0.3 is 0 Å². The Hall–Kier alpha value is -1.46. The van der Waals surface area contributed by atoms with E-state index in [4.69, 9.17) is 22.7 Å². The summed E-state index contributed by atoms with van der Waals surface area (Å²) in [6, 6.07) is 9.85. The Morgan fingerprint density at radius 1 is 1.26 bits per heavy atom. The molecule has 0 amide bonds. The van der Waals surface area contributed by atoms with Crippen molar-refractivity contribution in [2.24, 2.45) is 5.73 Å². The number of hydrogen-bond acceptors (Lipinski definition) is 2. The Kier molecular flexibility index (Phi) is 4.17. The molecular weight excluding hydrogens is 329 g/mol. The maximum absolute atomic E-state index is 13.8. The quantitative estimate of drug-likeness (QED) is 0.845. The molecule has 0 fully saturated rings. The van der Waals surface area contributed by atoms with Crippen LogP contribution in [0.1, 0.15) is 11.1 Å². The molecule has 98 valence electrons. The smallest absolute Gasteiger partial charge is 0.166 e. The minimum atomic E-state index is -0.495. The van der Waals surface area contributed by atoms with Gasteiger partial charge in [0.25, 0.3) is 0 Å². The van der Waals surface area contributed by atoms with Gasteiger partial charge in [0.05, 0.1) is 0 Å². The molecule has 0 spiro atoms. The molecule has 5 heteroatoms. The van der Waals surface area contributed by atoms with Gasteiger partial charge in [0.1, 0.15) is 10.7 Å². The third-order valence-electron chi connectivity index (χ3n) is 2.57. The second-order valence-electron chi connectivity index (χ2n) is 4.02. The Bertz CT molecular complexity index is 645. The fraction of sp³-hybridized carbons (Fsp3) is 0.0714. The van der Waals surface area contributed by atoms with E-state index in [2.05, 4.69) is 15.9 Å². The maximum atomic E-state index is 13.8. The van der Waals surface area contributed by atoms with Gasteiger partial charge < -0.3 is 10.5 Å². The highest BCUT2D eigenvalue weighted by atomic mass is 79.9. The first-order valence-electron chi connectivity index (χ1n) is 5.51. The van der Waals surface area contributed by atoms with Crippen molar-refractivity contribution in [2.45, 2.75) is 6.92 Å². The number of hydrogen-bond donors (Lipinski definition) is 1. The molecule has 0 atom stereocenters. The van der Waals surface area contributed by atoms with Crippen molar-refractivity contribution >= 4 is 33.1 Å². The minimum Gasteiger partial charge on any atom is -0.454 e. The third kappa shape index (κ3) is 3.30. The molecule has 0 aliphatic rings. The molecule has 0 aromatic heterocycles. The lowest BCUT2D eigenvalue weighted by molar-refractivity contribution is 0.442. The molecule has 19 heavy (non-hydrogen) atoms. The van der Waals surface area contributed by atoms with Crippen molar-refractivity contribution in [3.8, 4) is 11.5 Å². The van der Waals surface area contributed by atoms with E-state index in [1.54, 1.807) is 12.1 Å². The second kappa shape index (κ2) is 5.67. The SMILES string of the molecule is Cc1cc(Oc2ccc(C(N)=S)cc2F)ccc1Br. The summed E-state index contributed by atoms with van der Waals surface area (Å²) < 4.78 is 20.3. The van der Waals surface area contributed by atoms with E-state index < -0.39 is 5.82 Å². The first-order chi connectivity index (χ1) is 8.97. The highest BCUT2D eigenvalue weighted by Crippen LogP contribution is 2.28. The summed E-state index contributed by atoms with van der Waals surface area (Å²) >= 11 is 8.19. The van der Waals surface area contributed by atoms with Crippen LogP contribution in [-0.2, 0) is 0 Å². The van der Waals surface area contributed by atoms with Crippen molar-refractivity contribution in [3.63, 3.8) is 0 Å². The largest absolute Gasteiger partial charge is 0.454 e. The highest BCUT2D eigenvalue weighted by Gasteiger charge is 2.08. The minimum absolute atomic E-state index is 0.140. The number of nitrogens with two attached hydrogens (primary N) is 1. The van der Waals surface area contributed by atoms with Crippen LogP contribution in [-0.4, -0.2) is 4.99 Å². The summed E-state index contributed by atoms with van der Waals surface area (Å²) in [6.45, 7) is 1.93. The van der Waals surface area contributed by atoms with Crippen LogP contribution in [0.4, 0.5) is 4.39 Å². The molecule has 2 aromatic carbocycles. The van der Waals surface area contributed by atoms with Crippen LogP contribution in [0.25, 0.3) is 0 Å². The van der Waals surface area contributed by atoms with Crippen LogP contribution >= 0.6 is 28.1 Å². The summed E-state index contributed by atoms with van der Waals surface area (Å²) in [6.07, 6.45) is 0. The van der Waals surface area contributed by atoms with Crippen LogP contribution in [0.5, 0.6) is 11.5 Å². The number of ether oxygens (including phenoxy) is 1. The Morgan fingerprint density at radius 2 is 2.00 bits per heavy atom. The van der Waals surface area contributed by atoms with Gasteiger partial charge in [0.2, 0.25) is 0 Å². The summed E-state index contributed by atoms with van der Waals surface area (Å²) in [4.78, 5) is 0.157. The third-order valence-corrected chi connectivity index (χ3v) is 3.70. The Balaban J connectivity index is 2.28. The van der Waals surface area contributed by atoms with Crippen molar-refractivity contribution < 1.29 is 9.13 Å². The summed E-state index contributed by atoms with van der Waals surface area (Å²) in [5, 5.41) is 0. The summed E-state index contributed by atoms with van der Waals surface area (Å²) in [5.74, 6) is 0.218. The second-order valence-corrected chi connectivity index (χ2v) is 5.32. The molecule has 0 saturated heterocycles. The first kappa shape index (κ1) is 14.0. The number of halogens is 2. The van der Waals surface area contributed by atoms with E-state index in [0.29, 0.717) is 11.3 Å². The number of aryl methyl sites for hydroxylation is 1. The van der Waals surface area contributed by atoms with Crippen LogP contribution < -0.4 is 10.5 Å². The normalized spacial score (nSPS) is 10.3. The van der Waals surface area contributed by atoms with Crippen molar-refractivity contribution in [2.75, 3.05) is 0 Å². The lowest BCUT2D eigenvalue weighted by atomic mass is 10.2. The van der Waals surface area contributed by atoms with Gasteiger partial charge in [0, 0.05) is 10.0 Å². The molecule has 0 bridgehead atoms. The molecule has 0 radical (unpaired) electrons. The van der Waals surface area contributed by atoms with Crippen molar-refractivity contribution in [1.29, 1.82) is 0 Å². The highest BCUT2D eigenvalue weighted by molar-refractivity contribution is 9.10. The summed E-state index contributed by atoms with van der Waals surface area (Å²) in [5.41, 5.74) is 6.93. The van der Waals surface area contributed by atoms with Gasteiger partial charge in [-0.25, -0.2) is 4.39 Å². The number of benzene rings is 2. The molecule has 2 N–H and O–H groups in total. The van der Waals surface area contributed by atoms with Gasteiger partial charge in [-0.05, 0) is 48.9 Å². The van der Waals surface area contributed by atoms with E-state index in [-0.39, 0.29) is 10.7 Å². The zero-order chi connectivity index (χ0) is 14.0. The molecule has 2 aromatic rings. The molecule has 0 unspecified atom stereocenters. The molecular formula is C14H11BrFNOS. The van der Waals surface area contributed by atoms with Gasteiger partial charge in [0.15, 0.2) is 11.6 Å². The van der Waals surface area contributed by atoms with Gasteiger partial charge in [-0.15, -0.1) is 0 Å². The molecule has 2 nitrogen and oxygen atoms in total. The predicted octanol–water partition coefficient (Wildman–Crippen LogP) is 4.32. The Labute approximate surface area is 124 Å². The number of rotatable bonds is 3. The lowest BCUT2D eigenvalue weighted by Crippen LogP contribution is -2.09. The number of thiocarbonyl (C=S) groups is 1. The van der Waals surface area contributed by atoms with Crippen LogP contribution in [0.3, 0.4) is 0 Å². The molecule has 0 heterocycles. The van der Waals surface area contributed by atoms with Crippen LogP contribution in [0.2, 0.25) is 0 Å².